The van der Waals surface area contributed by atoms with E-state index >= 15 is 0 Å². The molecule has 0 aliphatic carbocycles. The lowest BCUT2D eigenvalue weighted by atomic mass is 10.7. The summed E-state index contributed by atoms with van der Waals surface area (Å²) in [7, 11) is 0. The van der Waals surface area contributed by atoms with Gasteiger partial charge in [-0.3, -0.25) is 4.84 Å². The highest BCUT2D eigenvalue weighted by atomic mass is 16.7. The van der Waals surface area contributed by atoms with Crippen LogP contribution in [0.5, 0.6) is 0 Å². The van der Waals surface area contributed by atoms with E-state index in [1.807, 2.05) is 6.92 Å². The lowest BCUT2D eigenvalue weighted by Gasteiger charge is -2.16. The van der Waals surface area contributed by atoms with Crippen molar-refractivity contribution in [1.82, 2.24) is 5.06 Å². The molecule has 6 heteroatoms. The van der Waals surface area contributed by atoms with Crippen LogP contribution < -0.4 is 5.84 Å². The Morgan fingerprint density at radius 3 is 3.33 bits per heavy atom. The Bertz CT molecular complexity index is 284. The van der Waals surface area contributed by atoms with Crippen molar-refractivity contribution in [3.8, 4) is 0 Å². The van der Waals surface area contributed by atoms with Gasteiger partial charge in [-0.2, -0.15) is 10.1 Å². The highest BCUT2D eigenvalue weighted by Gasteiger charge is 2.42. The fourth-order valence-corrected chi connectivity index (χ4v) is 1.09. The van der Waals surface area contributed by atoms with E-state index in [0.717, 1.165) is 0 Å². The Hall–Kier alpha value is -1.24. The second kappa shape index (κ2) is 2.37. The Kier molecular flexibility index (Phi) is 1.47. The first kappa shape index (κ1) is 7.41. The molecule has 0 aromatic carbocycles. The average molecular weight is 168 g/mol. The predicted octanol–water partition coefficient (Wildman–Crippen LogP) is -0.272. The molecule has 0 bridgehead atoms. The number of rotatable bonds is 2. The molecule has 0 fully saturated rings. The Labute approximate surface area is 69.7 Å². The smallest absolute Gasteiger partial charge is 0.263 e. The molecule has 12 heavy (non-hydrogen) atoms. The molecule has 1 atom stereocenters. The molecule has 2 heterocycles. The number of aliphatic imine (C=N–C) groups is 1. The molecule has 0 radical (unpaired) electrons. The Balaban J connectivity index is 2.21. The van der Waals surface area contributed by atoms with E-state index < -0.39 is 0 Å². The van der Waals surface area contributed by atoms with E-state index in [1.165, 1.54) is 11.4 Å². The van der Waals surface area contributed by atoms with Crippen LogP contribution in [0.25, 0.3) is 0 Å². The van der Waals surface area contributed by atoms with Crippen LogP contribution >= 0.6 is 0 Å². The van der Waals surface area contributed by atoms with Gasteiger partial charge in [0.1, 0.15) is 6.20 Å². The normalized spacial score (nSPS) is 31.2. The van der Waals surface area contributed by atoms with Crippen LogP contribution in [0, 0.1) is 0 Å². The summed E-state index contributed by atoms with van der Waals surface area (Å²) in [4.78, 5) is 9.12. The SMILES string of the molecule is CCON1C=N[N+]2(N)C=NC=C12. The number of hydrogen-bond acceptors (Lipinski definition) is 5. The third-order valence-corrected chi connectivity index (χ3v) is 1.64. The summed E-state index contributed by atoms with van der Waals surface area (Å²) in [6.07, 6.45) is 4.70. The lowest BCUT2D eigenvalue weighted by molar-refractivity contribution is -0.816. The fraction of sp³-hybridized carbons (Fsp3) is 0.333. The van der Waals surface area contributed by atoms with Crippen molar-refractivity contribution >= 4 is 12.7 Å². The minimum atomic E-state index is -0.139. The first-order valence-electron chi connectivity index (χ1n) is 3.66. The predicted molar refractivity (Wildman–Crippen MR) is 43.0 cm³/mol. The molecular formula is C6H10N5O+. The average Bonchev–Trinajstić information content (AvgIpc) is 2.51. The third kappa shape index (κ3) is 0.860. The number of nitrogens with two attached hydrogens (primary N) is 1. The molecule has 0 saturated heterocycles. The van der Waals surface area contributed by atoms with E-state index in [-0.39, 0.29) is 4.70 Å². The first-order chi connectivity index (χ1) is 5.76. The van der Waals surface area contributed by atoms with Crippen molar-refractivity contribution in [2.24, 2.45) is 15.9 Å². The summed E-state index contributed by atoms with van der Waals surface area (Å²) in [6, 6.07) is 0. The lowest BCUT2D eigenvalue weighted by Crippen LogP contribution is -2.45. The van der Waals surface area contributed by atoms with Crippen molar-refractivity contribution < 1.29 is 9.54 Å². The zero-order chi connectivity index (χ0) is 8.60. The second-order valence-corrected chi connectivity index (χ2v) is 2.46. The van der Waals surface area contributed by atoms with Crippen molar-refractivity contribution in [3.63, 3.8) is 0 Å². The van der Waals surface area contributed by atoms with E-state index in [1.54, 1.807) is 12.5 Å². The van der Waals surface area contributed by atoms with Crippen LogP contribution in [0.3, 0.4) is 0 Å². The molecule has 0 saturated carbocycles. The van der Waals surface area contributed by atoms with Gasteiger partial charge in [0.15, 0.2) is 6.34 Å². The molecule has 0 aromatic heterocycles. The minimum absolute atomic E-state index is 0.139. The first-order valence-corrected chi connectivity index (χ1v) is 3.66. The molecule has 2 N–H and O–H groups in total. The van der Waals surface area contributed by atoms with Gasteiger partial charge in [0.25, 0.3) is 0 Å². The fourth-order valence-electron chi connectivity index (χ4n) is 1.09. The topological polar surface area (TPSA) is 63.2 Å². The van der Waals surface area contributed by atoms with Crippen LogP contribution in [0.15, 0.2) is 22.1 Å². The second-order valence-electron chi connectivity index (χ2n) is 2.46. The van der Waals surface area contributed by atoms with Gasteiger partial charge in [0, 0.05) is 0 Å². The number of nitrogens with zero attached hydrogens (tertiary/aromatic N) is 4. The van der Waals surface area contributed by atoms with Crippen LogP contribution in [-0.2, 0) is 4.84 Å². The van der Waals surface area contributed by atoms with Gasteiger partial charge in [-0.1, -0.05) is 0 Å². The monoisotopic (exact) mass is 168 g/mol. The number of fused-ring (bicyclic) bond motifs is 1. The van der Waals surface area contributed by atoms with Crippen LogP contribution in [0.1, 0.15) is 6.92 Å². The van der Waals surface area contributed by atoms with Crippen molar-refractivity contribution in [3.05, 3.63) is 12.0 Å². The molecule has 0 spiro atoms. The largest absolute Gasteiger partial charge is 0.305 e. The van der Waals surface area contributed by atoms with E-state index in [4.69, 9.17) is 10.7 Å². The summed E-state index contributed by atoms with van der Waals surface area (Å²) in [6.45, 7) is 2.47. The highest BCUT2D eigenvalue weighted by Crippen LogP contribution is 2.23. The molecule has 6 nitrogen and oxygen atoms in total. The standard InChI is InChI=1S/C6H10N5O/c1-2-12-10-4-9-11(7)5-8-3-6(10)11/h3-5H,2,7H2,1H3/q+1. The quantitative estimate of drug-likeness (QED) is 0.456. The molecule has 2 aliphatic heterocycles. The van der Waals surface area contributed by atoms with Crippen molar-refractivity contribution in [1.29, 1.82) is 0 Å². The molecule has 2 rings (SSSR count). The number of hydroxylamine groups is 2. The van der Waals surface area contributed by atoms with Gasteiger partial charge in [0.05, 0.1) is 6.61 Å². The van der Waals surface area contributed by atoms with E-state index in [9.17, 15) is 0 Å². The zero-order valence-corrected chi connectivity index (χ0v) is 6.71. The molecular weight excluding hydrogens is 158 g/mol. The number of hydrogen-bond donors (Lipinski definition) is 1. The van der Waals surface area contributed by atoms with Crippen LogP contribution in [0.4, 0.5) is 0 Å². The van der Waals surface area contributed by atoms with Gasteiger partial charge in [-0.05, 0) is 16.7 Å². The third-order valence-electron chi connectivity index (χ3n) is 1.64. The molecule has 1 unspecified atom stereocenters. The Morgan fingerprint density at radius 2 is 2.58 bits per heavy atom. The molecule has 2 aliphatic rings. The Morgan fingerprint density at radius 1 is 1.75 bits per heavy atom. The summed E-state index contributed by atoms with van der Waals surface area (Å²) in [5, 5.41) is 5.52. The molecule has 0 aromatic rings. The van der Waals surface area contributed by atoms with Crippen LogP contribution in [-0.4, -0.2) is 29.0 Å². The summed E-state index contributed by atoms with van der Waals surface area (Å²) < 4.78 is -0.139. The van der Waals surface area contributed by atoms with Gasteiger partial charge >= 0.3 is 5.82 Å². The number of quaternary nitrogens is 1. The highest BCUT2D eigenvalue weighted by molar-refractivity contribution is 5.63. The van der Waals surface area contributed by atoms with Gasteiger partial charge in [-0.25, -0.2) is 0 Å². The summed E-state index contributed by atoms with van der Waals surface area (Å²) >= 11 is 0. The van der Waals surface area contributed by atoms with Gasteiger partial charge in [-0.15, -0.1) is 5.84 Å². The van der Waals surface area contributed by atoms with Crippen molar-refractivity contribution in [2.45, 2.75) is 6.92 Å². The minimum Gasteiger partial charge on any atom is -0.263 e. The van der Waals surface area contributed by atoms with E-state index in [0.29, 0.717) is 12.4 Å². The van der Waals surface area contributed by atoms with Crippen LogP contribution in [0.2, 0.25) is 0 Å². The summed E-state index contributed by atoms with van der Waals surface area (Å²) in [5.74, 6) is 6.49. The maximum absolute atomic E-state index is 5.79. The molecule has 64 valence electrons. The van der Waals surface area contributed by atoms with Gasteiger partial charge < -0.3 is 0 Å². The molecule has 0 amide bonds. The van der Waals surface area contributed by atoms with Crippen molar-refractivity contribution in [2.75, 3.05) is 6.61 Å². The zero-order valence-electron chi connectivity index (χ0n) is 6.71. The van der Waals surface area contributed by atoms with E-state index in [2.05, 4.69) is 10.1 Å². The van der Waals surface area contributed by atoms with Gasteiger partial charge in [0.2, 0.25) is 6.34 Å². The maximum atomic E-state index is 5.79. The summed E-state index contributed by atoms with van der Waals surface area (Å²) in [5.41, 5.74) is 0. The maximum Gasteiger partial charge on any atom is 0.305 e.